The second-order valence-electron chi connectivity index (χ2n) is 4.90. The van der Waals surface area contributed by atoms with Crippen molar-refractivity contribution in [3.63, 3.8) is 0 Å². The second-order valence-corrected chi connectivity index (χ2v) is 4.90. The number of nitro groups is 1. The van der Waals surface area contributed by atoms with Gasteiger partial charge in [-0.2, -0.15) is 0 Å². The zero-order chi connectivity index (χ0) is 14.8. The number of nitrogens with zero attached hydrogens (tertiary/aromatic N) is 5. The van der Waals surface area contributed by atoms with E-state index in [1.165, 1.54) is 0 Å². The van der Waals surface area contributed by atoms with Crippen molar-refractivity contribution in [2.75, 3.05) is 12.0 Å². The molecule has 0 saturated heterocycles. The molecule has 0 aliphatic carbocycles. The molecule has 0 amide bonds. The molecule has 0 bridgehead atoms. The van der Waals surface area contributed by atoms with Crippen LogP contribution in [0.25, 0.3) is 0 Å². The molecule has 0 atom stereocenters. The van der Waals surface area contributed by atoms with E-state index in [0.29, 0.717) is 18.8 Å². The molecule has 0 fully saturated rings. The van der Waals surface area contributed by atoms with Crippen molar-refractivity contribution in [2.45, 2.75) is 19.6 Å². The molecule has 2 aromatic rings. The van der Waals surface area contributed by atoms with Crippen LogP contribution in [-0.2, 0) is 19.6 Å². The lowest BCUT2D eigenvalue weighted by atomic mass is 10.1. The first-order valence-corrected chi connectivity index (χ1v) is 6.50. The summed E-state index contributed by atoms with van der Waals surface area (Å²) in [5, 5.41) is 19.0. The number of rotatable bonds is 4. The highest BCUT2D eigenvalue weighted by Crippen LogP contribution is 2.25. The van der Waals surface area contributed by atoms with Gasteiger partial charge in [-0.25, -0.2) is 0 Å². The van der Waals surface area contributed by atoms with Crippen molar-refractivity contribution in [2.24, 2.45) is 5.84 Å². The lowest BCUT2D eigenvalue weighted by molar-refractivity contribution is -0.384. The molecular weight excluding hydrogens is 274 g/mol. The van der Waals surface area contributed by atoms with Crippen LogP contribution >= 0.6 is 0 Å². The van der Waals surface area contributed by atoms with Gasteiger partial charge in [-0.1, -0.05) is 6.07 Å². The lowest BCUT2D eigenvalue weighted by Crippen LogP contribution is -2.33. The average molecular weight is 289 g/mol. The summed E-state index contributed by atoms with van der Waals surface area (Å²) in [7, 11) is 0. The Labute approximate surface area is 120 Å². The minimum absolute atomic E-state index is 0.0184. The first kappa shape index (κ1) is 13.5. The number of nitrogens with two attached hydrogens (primary N) is 1. The van der Waals surface area contributed by atoms with Crippen LogP contribution in [0.5, 0.6) is 0 Å². The van der Waals surface area contributed by atoms with Crippen LogP contribution in [0.15, 0.2) is 24.5 Å². The van der Waals surface area contributed by atoms with Gasteiger partial charge < -0.3 is 9.99 Å². The maximum atomic E-state index is 11.0. The number of benzene rings is 1. The van der Waals surface area contributed by atoms with Crippen molar-refractivity contribution < 1.29 is 4.92 Å². The molecule has 0 radical (unpaired) electrons. The highest BCUT2D eigenvalue weighted by atomic mass is 16.6. The third-order valence-electron chi connectivity index (χ3n) is 3.54. The molecule has 2 heterocycles. The van der Waals surface area contributed by atoms with Crippen molar-refractivity contribution in [3.8, 4) is 0 Å². The number of fused-ring (bicyclic) bond motifs is 1. The normalized spacial score (nSPS) is 14.7. The van der Waals surface area contributed by atoms with Gasteiger partial charge in [-0.05, 0) is 11.6 Å². The van der Waals surface area contributed by atoms with E-state index in [1.807, 2.05) is 10.6 Å². The molecule has 9 heteroatoms. The van der Waals surface area contributed by atoms with Crippen LogP contribution in [0.4, 0.5) is 11.4 Å². The van der Waals surface area contributed by atoms with Gasteiger partial charge in [0.25, 0.3) is 5.69 Å². The number of hydrazine groups is 1. The average Bonchev–Trinajstić information content (AvgIpc) is 2.94. The summed E-state index contributed by atoms with van der Waals surface area (Å²) >= 11 is 0. The molecule has 1 aromatic carbocycles. The second kappa shape index (κ2) is 5.46. The Morgan fingerprint density at radius 2 is 2.29 bits per heavy atom. The predicted molar refractivity (Wildman–Crippen MR) is 75.0 cm³/mol. The highest BCUT2D eigenvalue weighted by molar-refractivity contribution is 5.61. The van der Waals surface area contributed by atoms with Crippen molar-refractivity contribution >= 4 is 11.4 Å². The van der Waals surface area contributed by atoms with Crippen molar-refractivity contribution in [1.29, 1.82) is 0 Å². The van der Waals surface area contributed by atoms with Crippen molar-refractivity contribution in [1.82, 2.24) is 19.7 Å². The first-order chi connectivity index (χ1) is 10.2. The standard InChI is InChI=1S/C12H15N7O2/c13-15-10-2-1-9(5-11(10)19(20)21)6-17-3-4-18-8-14-16-12(18)7-17/h1-2,5,8,15H,3-4,6-7,13H2. The van der Waals surface area contributed by atoms with Gasteiger partial charge >= 0.3 is 0 Å². The summed E-state index contributed by atoms with van der Waals surface area (Å²) in [6, 6.07) is 5.01. The van der Waals surface area contributed by atoms with E-state index in [1.54, 1.807) is 18.5 Å². The van der Waals surface area contributed by atoms with Crippen LogP contribution in [0.3, 0.4) is 0 Å². The van der Waals surface area contributed by atoms with Gasteiger partial charge in [-0.15, -0.1) is 10.2 Å². The minimum Gasteiger partial charge on any atom is -0.318 e. The Morgan fingerprint density at radius 3 is 3.05 bits per heavy atom. The quantitative estimate of drug-likeness (QED) is 0.478. The third kappa shape index (κ3) is 2.69. The monoisotopic (exact) mass is 289 g/mol. The maximum absolute atomic E-state index is 11.0. The summed E-state index contributed by atoms with van der Waals surface area (Å²) in [5.41, 5.74) is 3.50. The first-order valence-electron chi connectivity index (χ1n) is 6.50. The van der Waals surface area contributed by atoms with Crippen LogP contribution < -0.4 is 11.3 Å². The largest absolute Gasteiger partial charge is 0.318 e. The van der Waals surface area contributed by atoms with Crippen LogP contribution in [-0.4, -0.2) is 31.1 Å². The van der Waals surface area contributed by atoms with E-state index in [9.17, 15) is 10.1 Å². The van der Waals surface area contributed by atoms with E-state index < -0.39 is 4.92 Å². The van der Waals surface area contributed by atoms with E-state index in [4.69, 9.17) is 5.84 Å². The summed E-state index contributed by atoms with van der Waals surface area (Å²) in [6.07, 6.45) is 1.72. The summed E-state index contributed by atoms with van der Waals surface area (Å²) < 4.78 is 2.01. The van der Waals surface area contributed by atoms with Crippen LogP contribution in [0.1, 0.15) is 11.4 Å². The molecule has 1 aliphatic heterocycles. The Hall–Kier alpha value is -2.52. The Balaban J connectivity index is 1.77. The third-order valence-corrected chi connectivity index (χ3v) is 3.54. The van der Waals surface area contributed by atoms with E-state index >= 15 is 0 Å². The fourth-order valence-electron chi connectivity index (χ4n) is 2.46. The number of hydrogen-bond donors (Lipinski definition) is 2. The van der Waals surface area contributed by atoms with Gasteiger partial charge in [0.05, 0.1) is 11.5 Å². The summed E-state index contributed by atoms with van der Waals surface area (Å²) in [6.45, 7) is 2.99. The molecular formula is C12H15N7O2. The molecule has 0 spiro atoms. The van der Waals surface area contributed by atoms with Gasteiger partial charge in [0.2, 0.25) is 0 Å². The van der Waals surface area contributed by atoms with E-state index in [2.05, 4.69) is 20.5 Å². The van der Waals surface area contributed by atoms with Gasteiger partial charge in [0.1, 0.15) is 17.8 Å². The molecule has 1 aromatic heterocycles. The minimum atomic E-state index is -0.439. The number of nitro benzene ring substituents is 1. The number of aromatic nitrogens is 3. The van der Waals surface area contributed by atoms with Crippen molar-refractivity contribution in [3.05, 3.63) is 46.0 Å². The zero-order valence-corrected chi connectivity index (χ0v) is 11.3. The summed E-state index contributed by atoms with van der Waals surface area (Å²) in [5.74, 6) is 6.19. The predicted octanol–water partition coefficient (Wildman–Crippen LogP) is 0.488. The van der Waals surface area contributed by atoms with Crippen LogP contribution in [0, 0.1) is 10.1 Å². The molecule has 3 rings (SSSR count). The zero-order valence-electron chi connectivity index (χ0n) is 11.3. The molecule has 0 saturated carbocycles. The van der Waals surface area contributed by atoms with Gasteiger partial charge in [0, 0.05) is 25.7 Å². The molecule has 0 unspecified atom stereocenters. The highest BCUT2D eigenvalue weighted by Gasteiger charge is 2.19. The topological polar surface area (TPSA) is 115 Å². The number of anilines is 1. The number of hydrogen-bond acceptors (Lipinski definition) is 7. The molecule has 1 aliphatic rings. The molecule has 9 nitrogen and oxygen atoms in total. The van der Waals surface area contributed by atoms with Crippen LogP contribution in [0.2, 0.25) is 0 Å². The van der Waals surface area contributed by atoms with E-state index in [0.717, 1.165) is 24.5 Å². The fraction of sp³-hybridized carbons (Fsp3) is 0.333. The van der Waals surface area contributed by atoms with Gasteiger partial charge in [0.15, 0.2) is 0 Å². The molecule has 21 heavy (non-hydrogen) atoms. The smallest absolute Gasteiger partial charge is 0.293 e. The lowest BCUT2D eigenvalue weighted by Gasteiger charge is -2.26. The number of nitrogens with one attached hydrogen (secondary N) is 1. The van der Waals surface area contributed by atoms with Gasteiger partial charge in [-0.3, -0.25) is 20.9 Å². The Morgan fingerprint density at radius 1 is 1.43 bits per heavy atom. The maximum Gasteiger partial charge on any atom is 0.293 e. The summed E-state index contributed by atoms with van der Waals surface area (Å²) in [4.78, 5) is 12.8. The Kier molecular flexibility index (Phi) is 3.50. The molecule has 110 valence electrons. The molecule has 3 N–H and O–H groups in total. The van der Waals surface area contributed by atoms with E-state index in [-0.39, 0.29) is 5.69 Å². The Bertz CT molecular complexity index is 669. The fourth-order valence-corrected chi connectivity index (χ4v) is 2.46. The number of nitrogen functional groups attached to an aromatic ring is 1. The SMILES string of the molecule is NNc1ccc(CN2CCn3cnnc3C2)cc1[N+](=O)[O-].